The van der Waals surface area contributed by atoms with Crippen LogP contribution >= 0.6 is 22.7 Å². The average molecular weight is 389 g/mol. The van der Waals surface area contributed by atoms with Crippen LogP contribution in [0.5, 0.6) is 0 Å². The van der Waals surface area contributed by atoms with E-state index in [0.29, 0.717) is 22.0 Å². The molecule has 0 spiro atoms. The molecule has 0 saturated carbocycles. The first-order valence-corrected chi connectivity index (χ1v) is 10.1. The minimum absolute atomic E-state index is 0.364. The van der Waals surface area contributed by atoms with Crippen molar-refractivity contribution in [2.45, 2.75) is 40.0 Å². The van der Waals surface area contributed by atoms with Crippen LogP contribution in [0.4, 0.5) is 5.00 Å². The Hall–Kier alpha value is -2.17. The molecular weight excluding hydrogens is 368 g/mol. The zero-order valence-electron chi connectivity index (χ0n) is 15.0. The van der Waals surface area contributed by atoms with E-state index >= 15 is 0 Å². The molecule has 2 aromatic heterocycles. The van der Waals surface area contributed by atoms with Gasteiger partial charge in [-0.05, 0) is 50.7 Å². The van der Waals surface area contributed by atoms with Gasteiger partial charge in [0.2, 0.25) is 0 Å². The van der Waals surface area contributed by atoms with Crippen LogP contribution < -0.4 is 5.32 Å². The van der Waals surface area contributed by atoms with Crippen LogP contribution in [-0.2, 0) is 22.4 Å². The second-order valence-corrected chi connectivity index (χ2v) is 9.18. The number of nitrogens with zero attached hydrogens (tertiary/aromatic N) is 1. The predicted molar refractivity (Wildman–Crippen MR) is 103 cm³/mol. The van der Waals surface area contributed by atoms with Crippen LogP contribution in [0.1, 0.15) is 49.5 Å². The molecule has 0 aliphatic heterocycles. The first-order valence-electron chi connectivity index (χ1n) is 8.47. The van der Waals surface area contributed by atoms with E-state index in [1.807, 2.05) is 13.8 Å². The normalized spacial score (nSPS) is 15.8. The van der Waals surface area contributed by atoms with Gasteiger partial charge in [0.15, 0.2) is 6.61 Å². The standard InChI is InChI=1S/C19H20N2O3S2/c1-10-4-5-13-15(8-20)18(26-16(13)6-10)21-17(22)9-24-19(23)14-7-11(2)25-12(14)3/h7,10H,4-6,9H2,1-3H3,(H,21,22)/t10-/m0/s1. The summed E-state index contributed by atoms with van der Waals surface area (Å²) in [5, 5.41) is 12.8. The molecule has 0 unspecified atom stereocenters. The van der Waals surface area contributed by atoms with Gasteiger partial charge in [0.25, 0.3) is 5.91 Å². The van der Waals surface area contributed by atoms with E-state index in [1.54, 1.807) is 6.07 Å². The molecule has 2 aromatic rings. The van der Waals surface area contributed by atoms with Gasteiger partial charge >= 0.3 is 5.97 Å². The number of nitrogens with one attached hydrogen (secondary N) is 1. The highest BCUT2D eigenvalue weighted by atomic mass is 32.1. The van der Waals surface area contributed by atoms with E-state index < -0.39 is 11.9 Å². The number of aryl methyl sites for hydroxylation is 2. The monoisotopic (exact) mass is 388 g/mol. The number of carbonyl (C=O) groups excluding carboxylic acids is 2. The van der Waals surface area contributed by atoms with Gasteiger partial charge in [-0.3, -0.25) is 4.79 Å². The van der Waals surface area contributed by atoms with Crippen molar-refractivity contribution < 1.29 is 14.3 Å². The van der Waals surface area contributed by atoms with Gasteiger partial charge in [0.1, 0.15) is 11.1 Å². The van der Waals surface area contributed by atoms with Gasteiger partial charge in [-0.15, -0.1) is 22.7 Å². The van der Waals surface area contributed by atoms with Crippen molar-refractivity contribution in [3.63, 3.8) is 0 Å². The highest BCUT2D eigenvalue weighted by molar-refractivity contribution is 7.16. The zero-order chi connectivity index (χ0) is 18.8. The van der Waals surface area contributed by atoms with Gasteiger partial charge < -0.3 is 10.1 Å². The van der Waals surface area contributed by atoms with Crippen LogP contribution in [0, 0.1) is 31.1 Å². The molecule has 1 N–H and O–H groups in total. The lowest BCUT2D eigenvalue weighted by Crippen LogP contribution is -2.21. The quantitative estimate of drug-likeness (QED) is 0.796. The Kier molecular flexibility index (Phi) is 5.44. The molecule has 0 fully saturated rings. The fraction of sp³-hybridized carbons (Fsp3) is 0.421. The molecule has 0 radical (unpaired) electrons. The summed E-state index contributed by atoms with van der Waals surface area (Å²) >= 11 is 2.98. The van der Waals surface area contributed by atoms with E-state index in [9.17, 15) is 14.9 Å². The molecule has 0 saturated heterocycles. The number of ether oxygens (including phenoxy) is 1. The van der Waals surface area contributed by atoms with Crippen LogP contribution in [0.15, 0.2) is 6.07 Å². The minimum atomic E-state index is -0.498. The van der Waals surface area contributed by atoms with Crippen molar-refractivity contribution in [2.24, 2.45) is 5.92 Å². The lowest BCUT2D eigenvalue weighted by Gasteiger charge is -2.17. The third-order valence-electron chi connectivity index (χ3n) is 4.47. The van der Waals surface area contributed by atoms with Crippen LogP contribution in [0.25, 0.3) is 0 Å². The molecule has 1 aliphatic carbocycles. The smallest absolute Gasteiger partial charge is 0.339 e. The minimum Gasteiger partial charge on any atom is -0.452 e. The number of amides is 1. The number of carbonyl (C=O) groups is 2. The molecule has 0 aromatic carbocycles. The maximum Gasteiger partial charge on any atom is 0.339 e. The second kappa shape index (κ2) is 7.60. The number of thiophene rings is 2. The Morgan fingerprint density at radius 2 is 2.15 bits per heavy atom. The molecular formula is C19H20N2O3S2. The highest BCUT2D eigenvalue weighted by Gasteiger charge is 2.25. The Balaban J connectivity index is 1.65. The number of hydrogen-bond acceptors (Lipinski definition) is 6. The number of esters is 1. The zero-order valence-corrected chi connectivity index (χ0v) is 16.6. The summed E-state index contributed by atoms with van der Waals surface area (Å²) < 4.78 is 5.13. The number of anilines is 1. The number of hydrogen-bond donors (Lipinski definition) is 1. The van der Waals surface area contributed by atoms with Crippen molar-refractivity contribution in [2.75, 3.05) is 11.9 Å². The Morgan fingerprint density at radius 3 is 2.81 bits per heavy atom. The molecule has 136 valence electrons. The fourth-order valence-corrected chi connectivity index (χ4v) is 5.45. The maximum absolute atomic E-state index is 12.2. The lowest BCUT2D eigenvalue weighted by molar-refractivity contribution is -0.119. The third kappa shape index (κ3) is 3.81. The summed E-state index contributed by atoms with van der Waals surface area (Å²) in [6.07, 6.45) is 2.87. The molecule has 26 heavy (non-hydrogen) atoms. The van der Waals surface area contributed by atoms with Crippen molar-refractivity contribution in [3.8, 4) is 6.07 Å². The summed E-state index contributed by atoms with van der Waals surface area (Å²) in [5.74, 6) is -0.331. The fourth-order valence-electron chi connectivity index (χ4n) is 3.16. The van der Waals surface area contributed by atoms with Gasteiger partial charge in [-0.1, -0.05) is 6.92 Å². The molecule has 7 heteroatoms. The first kappa shape index (κ1) is 18.6. The third-order valence-corrected chi connectivity index (χ3v) is 6.61. The predicted octanol–water partition coefficient (Wildman–Crippen LogP) is 4.22. The highest BCUT2D eigenvalue weighted by Crippen LogP contribution is 2.39. The summed E-state index contributed by atoms with van der Waals surface area (Å²) in [7, 11) is 0. The average Bonchev–Trinajstić information content (AvgIpc) is 3.10. The first-order chi connectivity index (χ1) is 12.4. The summed E-state index contributed by atoms with van der Waals surface area (Å²) in [4.78, 5) is 27.4. The van der Waals surface area contributed by atoms with Gasteiger partial charge in [0.05, 0.1) is 11.1 Å². The molecule has 0 bridgehead atoms. The van der Waals surface area contributed by atoms with E-state index in [0.717, 1.165) is 34.6 Å². The maximum atomic E-state index is 12.2. The van der Waals surface area contributed by atoms with Gasteiger partial charge in [0, 0.05) is 14.6 Å². The molecule has 5 nitrogen and oxygen atoms in total. The summed E-state index contributed by atoms with van der Waals surface area (Å²) in [5.41, 5.74) is 2.12. The Bertz CT molecular complexity index is 905. The second-order valence-electron chi connectivity index (χ2n) is 6.62. The Morgan fingerprint density at radius 1 is 1.38 bits per heavy atom. The van der Waals surface area contributed by atoms with Crippen molar-refractivity contribution in [3.05, 3.63) is 37.4 Å². The molecule has 2 heterocycles. The van der Waals surface area contributed by atoms with Crippen LogP contribution in [0.2, 0.25) is 0 Å². The topological polar surface area (TPSA) is 79.2 Å². The van der Waals surface area contributed by atoms with Crippen LogP contribution in [0.3, 0.4) is 0 Å². The van der Waals surface area contributed by atoms with E-state index in [4.69, 9.17) is 4.74 Å². The largest absolute Gasteiger partial charge is 0.452 e. The van der Waals surface area contributed by atoms with Crippen LogP contribution in [-0.4, -0.2) is 18.5 Å². The SMILES string of the molecule is Cc1cc(C(=O)OCC(=O)Nc2sc3c(c2C#N)CC[C@H](C)C3)c(C)s1. The van der Waals surface area contributed by atoms with E-state index in [-0.39, 0.29) is 6.61 Å². The van der Waals surface area contributed by atoms with E-state index in [1.165, 1.54) is 27.6 Å². The number of rotatable bonds is 4. The molecule has 3 rings (SSSR count). The van der Waals surface area contributed by atoms with Gasteiger partial charge in [-0.25, -0.2) is 4.79 Å². The Labute approximate surface area is 160 Å². The van der Waals surface area contributed by atoms with E-state index in [2.05, 4.69) is 18.3 Å². The summed E-state index contributed by atoms with van der Waals surface area (Å²) in [6.45, 7) is 5.60. The van der Waals surface area contributed by atoms with Crippen molar-refractivity contribution >= 4 is 39.6 Å². The molecule has 1 aliphatic rings. The number of fused-ring (bicyclic) bond motifs is 1. The number of nitriles is 1. The molecule has 1 amide bonds. The van der Waals surface area contributed by atoms with Gasteiger partial charge in [-0.2, -0.15) is 5.26 Å². The summed E-state index contributed by atoms with van der Waals surface area (Å²) in [6, 6.07) is 3.98. The molecule has 1 atom stereocenters. The van der Waals surface area contributed by atoms with Crippen molar-refractivity contribution in [1.29, 1.82) is 5.26 Å². The lowest BCUT2D eigenvalue weighted by atomic mass is 9.89. The van der Waals surface area contributed by atoms with Crippen molar-refractivity contribution in [1.82, 2.24) is 0 Å².